The van der Waals surface area contributed by atoms with E-state index in [0.717, 1.165) is 42.2 Å². The lowest BCUT2D eigenvalue weighted by molar-refractivity contribution is 0.682. The molecule has 24 heavy (non-hydrogen) atoms. The molecule has 1 aliphatic heterocycles. The fraction of sp³-hybridized carbons (Fsp3) is 0.312. The van der Waals surface area contributed by atoms with Gasteiger partial charge in [0.05, 0.1) is 17.8 Å². The summed E-state index contributed by atoms with van der Waals surface area (Å²) in [6.07, 6.45) is 7.64. The zero-order chi connectivity index (χ0) is 16.5. The first kappa shape index (κ1) is 14.4. The Balaban J connectivity index is 1.53. The van der Waals surface area contributed by atoms with Crippen LogP contribution in [0.15, 0.2) is 31.0 Å². The number of nitrogens with zero attached hydrogens (tertiary/aromatic N) is 7. The maximum atomic E-state index is 8.82. The van der Waals surface area contributed by atoms with Crippen LogP contribution in [0.3, 0.4) is 0 Å². The van der Waals surface area contributed by atoms with Crippen LogP contribution >= 0.6 is 0 Å². The maximum absolute atomic E-state index is 8.82. The Morgan fingerprint density at radius 2 is 2.21 bits per heavy atom. The number of H-pyrrole nitrogens is 1. The van der Waals surface area contributed by atoms with E-state index in [1.54, 1.807) is 12.5 Å². The molecule has 4 rings (SSSR count). The number of nitriles is 1. The van der Waals surface area contributed by atoms with Crippen LogP contribution in [0.2, 0.25) is 0 Å². The number of likely N-dealkylation sites (N-methyl/N-ethyl adjacent to an activating group) is 1. The van der Waals surface area contributed by atoms with Crippen molar-refractivity contribution in [2.24, 2.45) is 0 Å². The van der Waals surface area contributed by atoms with Crippen molar-refractivity contribution in [3.05, 3.63) is 36.7 Å². The van der Waals surface area contributed by atoms with Crippen LogP contribution in [0.4, 0.5) is 11.6 Å². The lowest BCUT2D eigenvalue weighted by Gasteiger charge is -2.25. The smallest absolute Gasteiger partial charge is 0.158 e. The van der Waals surface area contributed by atoms with Crippen molar-refractivity contribution in [1.82, 2.24) is 24.9 Å². The number of fused-ring (bicyclic) bond motifs is 1. The Labute approximate surface area is 138 Å². The van der Waals surface area contributed by atoms with Crippen molar-refractivity contribution >= 4 is 22.7 Å². The standard InChI is InChI=1S/C16H16N8/c1-23(14-8-19-11(6-17)7-20-14)12-3-5-24(9-12)16-13-2-4-18-15(13)21-10-22-16/h2,4,7-8,10,12H,3,5,9H2,1H3,(H,18,21,22). The minimum Gasteiger partial charge on any atom is -0.354 e. The van der Waals surface area contributed by atoms with Gasteiger partial charge in [-0.05, 0) is 12.5 Å². The number of aromatic nitrogens is 5. The second-order valence-electron chi connectivity index (χ2n) is 5.81. The van der Waals surface area contributed by atoms with E-state index in [4.69, 9.17) is 5.26 Å². The summed E-state index contributed by atoms with van der Waals surface area (Å²) < 4.78 is 0. The first-order chi connectivity index (χ1) is 11.8. The normalized spacial score (nSPS) is 17.2. The summed E-state index contributed by atoms with van der Waals surface area (Å²) in [7, 11) is 2.01. The molecule has 3 aromatic heterocycles. The molecule has 1 atom stereocenters. The van der Waals surface area contributed by atoms with Crippen molar-refractivity contribution in [3.8, 4) is 6.07 Å². The van der Waals surface area contributed by atoms with Crippen molar-refractivity contribution in [3.63, 3.8) is 0 Å². The van der Waals surface area contributed by atoms with E-state index in [0.29, 0.717) is 11.7 Å². The second kappa shape index (κ2) is 5.77. The highest BCUT2D eigenvalue weighted by atomic mass is 15.3. The molecular weight excluding hydrogens is 304 g/mol. The Morgan fingerprint density at radius 3 is 3.00 bits per heavy atom. The first-order valence-electron chi connectivity index (χ1n) is 7.74. The van der Waals surface area contributed by atoms with Gasteiger partial charge in [-0.15, -0.1) is 0 Å². The number of hydrogen-bond acceptors (Lipinski definition) is 7. The monoisotopic (exact) mass is 320 g/mol. The zero-order valence-corrected chi connectivity index (χ0v) is 13.2. The molecule has 0 aliphatic carbocycles. The molecule has 3 aromatic rings. The molecule has 1 unspecified atom stereocenters. The van der Waals surface area contributed by atoms with Crippen molar-refractivity contribution in [2.45, 2.75) is 12.5 Å². The summed E-state index contributed by atoms with van der Waals surface area (Å²) in [6.45, 7) is 1.78. The zero-order valence-electron chi connectivity index (χ0n) is 13.2. The molecule has 0 aromatic carbocycles. The summed E-state index contributed by atoms with van der Waals surface area (Å²) >= 11 is 0. The van der Waals surface area contributed by atoms with Gasteiger partial charge in [0, 0.05) is 32.4 Å². The summed E-state index contributed by atoms with van der Waals surface area (Å²) in [5.74, 6) is 1.73. The van der Waals surface area contributed by atoms with Gasteiger partial charge in [-0.25, -0.2) is 19.9 Å². The second-order valence-corrected chi connectivity index (χ2v) is 5.81. The molecule has 8 nitrogen and oxygen atoms in total. The quantitative estimate of drug-likeness (QED) is 0.777. The topological polar surface area (TPSA) is 97.6 Å². The molecule has 8 heteroatoms. The largest absolute Gasteiger partial charge is 0.354 e. The number of hydrogen-bond donors (Lipinski definition) is 1. The van der Waals surface area contributed by atoms with Crippen molar-refractivity contribution in [2.75, 3.05) is 29.9 Å². The van der Waals surface area contributed by atoms with Crippen LogP contribution in [-0.2, 0) is 0 Å². The van der Waals surface area contributed by atoms with Gasteiger partial charge in [0.2, 0.25) is 0 Å². The van der Waals surface area contributed by atoms with Crippen LogP contribution in [0.5, 0.6) is 0 Å². The number of rotatable bonds is 3. The first-order valence-corrected chi connectivity index (χ1v) is 7.74. The maximum Gasteiger partial charge on any atom is 0.158 e. The number of nitrogens with one attached hydrogen (secondary N) is 1. The Bertz CT molecular complexity index is 894. The Morgan fingerprint density at radius 1 is 1.29 bits per heavy atom. The average molecular weight is 320 g/mol. The third-order valence-electron chi connectivity index (χ3n) is 4.46. The van der Waals surface area contributed by atoms with E-state index < -0.39 is 0 Å². The predicted molar refractivity (Wildman–Crippen MR) is 89.7 cm³/mol. The van der Waals surface area contributed by atoms with Crippen molar-refractivity contribution in [1.29, 1.82) is 5.26 Å². The molecule has 120 valence electrons. The molecule has 4 heterocycles. The minimum absolute atomic E-state index is 0.316. The van der Waals surface area contributed by atoms with Gasteiger partial charge >= 0.3 is 0 Å². The van der Waals surface area contributed by atoms with Gasteiger partial charge < -0.3 is 14.8 Å². The number of aromatic amines is 1. The van der Waals surface area contributed by atoms with E-state index in [-0.39, 0.29) is 0 Å². The van der Waals surface area contributed by atoms with Crippen LogP contribution < -0.4 is 9.80 Å². The highest BCUT2D eigenvalue weighted by molar-refractivity contribution is 5.87. The fourth-order valence-corrected chi connectivity index (χ4v) is 3.11. The van der Waals surface area contributed by atoms with Gasteiger partial charge in [0.15, 0.2) is 5.69 Å². The van der Waals surface area contributed by atoms with Crippen LogP contribution in [0, 0.1) is 11.3 Å². The molecule has 0 amide bonds. The lowest BCUT2D eigenvalue weighted by Crippen LogP contribution is -2.35. The molecule has 1 aliphatic rings. The molecule has 1 fully saturated rings. The minimum atomic E-state index is 0.316. The van der Waals surface area contributed by atoms with E-state index >= 15 is 0 Å². The third-order valence-corrected chi connectivity index (χ3v) is 4.46. The highest BCUT2D eigenvalue weighted by Crippen LogP contribution is 2.27. The Kier molecular flexibility index (Phi) is 3.46. The fourth-order valence-electron chi connectivity index (χ4n) is 3.11. The summed E-state index contributed by atoms with van der Waals surface area (Å²) in [5, 5.41) is 9.86. The van der Waals surface area contributed by atoms with Crippen molar-refractivity contribution < 1.29 is 0 Å². The molecule has 0 saturated carbocycles. The van der Waals surface area contributed by atoms with E-state index in [9.17, 15) is 0 Å². The molecule has 1 N–H and O–H groups in total. The van der Waals surface area contributed by atoms with E-state index in [1.165, 1.54) is 6.20 Å². The molecule has 0 radical (unpaired) electrons. The molecule has 0 spiro atoms. The van der Waals surface area contributed by atoms with Crippen LogP contribution in [-0.4, -0.2) is 51.1 Å². The Hall–Kier alpha value is -3.21. The van der Waals surface area contributed by atoms with Crippen LogP contribution in [0.25, 0.3) is 11.0 Å². The van der Waals surface area contributed by atoms with Gasteiger partial charge in [0.25, 0.3) is 0 Å². The van der Waals surface area contributed by atoms with E-state index in [1.807, 2.05) is 25.4 Å². The van der Waals surface area contributed by atoms with Gasteiger partial charge in [-0.1, -0.05) is 0 Å². The van der Waals surface area contributed by atoms with Crippen LogP contribution in [0.1, 0.15) is 12.1 Å². The van der Waals surface area contributed by atoms with E-state index in [2.05, 4.69) is 34.7 Å². The average Bonchev–Trinajstić information content (AvgIpc) is 3.30. The summed E-state index contributed by atoms with van der Waals surface area (Å²) in [6, 6.07) is 4.31. The highest BCUT2D eigenvalue weighted by Gasteiger charge is 2.28. The predicted octanol–water partition coefficient (Wildman–Crippen LogP) is 1.33. The van der Waals surface area contributed by atoms with Gasteiger partial charge in [0.1, 0.15) is 29.7 Å². The molecular formula is C16H16N8. The van der Waals surface area contributed by atoms with Gasteiger partial charge in [-0.2, -0.15) is 5.26 Å². The summed E-state index contributed by atoms with van der Waals surface area (Å²) in [4.78, 5) is 24.6. The lowest BCUT2D eigenvalue weighted by atomic mass is 10.2. The SMILES string of the molecule is CN(c1cnc(C#N)cn1)C1CCN(c2ncnc3[nH]ccc23)C1. The third kappa shape index (κ3) is 2.40. The number of anilines is 2. The summed E-state index contributed by atoms with van der Waals surface area (Å²) in [5.41, 5.74) is 1.19. The van der Waals surface area contributed by atoms with Gasteiger partial charge in [-0.3, -0.25) is 0 Å². The molecule has 1 saturated heterocycles. The molecule has 0 bridgehead atoms.